The molecule has 5 nitrogen and oxygen atoms in total. The van der Waals surface area contributed by atoms with Gasteiger partial charge in [0.25, 0.3) is 0 Å². The summed E-state index contributed by atoms with van der Waals surface area (Å²) < 4.78 is 25.8. The molecule has 0 spiro atoms. The monoisotopic (exact) mass is 240 g/mol. The van der Waals surface area contributed by atoms with Crippen LogP contribution in [0.25, 0.3) is 0 Å². The zero-order valence-corrected chi connectivity index (χ0v) is 9.53. The van der Waals surface area contributed by atoms with Gasteiger partial charge in [-0.05, 0) is 18.6 Å². The van der Waals surface area contributed by atoms with Crippen molar-refractivity contribution in [3.8, 4) is 0 Å². The maximum Gasteiger partial charge on any atom is 0.245 e. The summed E-state index contributed by atoms with van der Waals surface area (Å²) in [5, 5.41) is 9.64. The molecule has 0 radical (unpaired) electrons. The van der Waals surface area contributed by atoms with Crippen LogP contribution in [0.4, 0.5) is 5.69 Å². The van der Waals surface area contributed by atoms with E-state index in [0.717, 1.165) is 0 Å². The number of hydrogen-bond acceptors (Lipinski definition) is 4. The first-order chi connectivity index (χ1) is 7.54. The Labute approximate surface area is 93.9 Å². The minimum absolute atomic E-state index is 0.0949. The molecule has 0 saturated heterocycles. The Bertz CT molecular complexity index is 537. The second-order valence-corrected chi connectivity index (χ2v) is 5.13. The minimum Gasteiger partial charge on any atom is -0.372 e. The smallest absolute Gasteiger partial charge is 0.245 e. The number of fused-ring (bicyclic) bond motifs is 1. The summed E-state index contributed by atoms with van der Waals surface area (Å²) in [6.07, 6.45) is -0.764. The zero-order chi connectivity index (χ0) is 11.8. The van der Waals surface area contributed by atoms with E-state index in [1.165, 1.54) is 6.07 Å². The Morgan fingerprint density at radius 1 is 1.44 bits per heavy atom. The van der Waals surface area contributed by atoms with E-state index >= 15 is 0 Å². The molecule has 1 aromatic carbocycles. The number of hydrogen-bond donors (Lipinski definition) is 2. The highest BCUT2D eigenvalue weighted by Gasteiger charge is 2.27. The van der Waals surface area contributed by atoms with E-state index in [1.807, 2.05) is 6.92 Å². The minimum atomic E-state index is -3.69. The standard InChI is InChI=1S/C10H12N2O3S/c1-2-7-10(13)12-16(14,15)9-6-4-3-5-8(9)11-7/h3-6,10,12-13H,2H2,1H3. The third-order valence-corrected chi connectivity index (χ3v) is 3.82. The fraction of sp³-hybridized carbons (Fsp3) is 0.300. The highest BCUT2D eigenvalue weighted by Crippen LogP contribution is 2.26. The highest BCUT2D eigenvalue weighted by molar-refractivity contribution is 7.89. The number of nitrogens with one attached hydrogen (secondary N) is 1. The van der Waals surface area contributed by atoms with Gasteiger partial charge in [0.05, 0.1) is 11.4 Å². The van der Waals surface area contributed by atoms with Crippen molar-refractivity contribution in [2.75, 3.05) is 0 Å². The van der Waals surface area contributed by atoms with Crippen LogP contribution >= 0.6 is 0 Å². The second kappa shape index (κ2) is 3.97. The lowest BCUT2D eigenvalue weighted by Crippen LogP contribution is -2.38. The molecule has 2 N–H and O–H groups in total. The molecule has 1 aliphatic rings. The van der Waals surface area contributed by atoms with E-state index in [0.29, 0.717) is 17.8 Å². The summed E-state index contributed by atoms with van der Waals surface area (Å²) in [6, 6.07) is 6.41. The van der Waals surface area contributed by atoms with E-state index in [1.54, 1.807) is 18.2 Å². The molecular formula is C10H12N2O3S. The zero-order valence-electron chi connectivity index (χ0n) is 8.71. The highest BCUT2D eigenvalue weighted by atomic mass is 32.2. The van der Waals surface area contributed by atoms with E-state index in [4.69, 9.17) is 0 Å². The third-order valence-electron chi connectivity index (χ3n) is 2.36. The Balaban J connectivity index is 2.66. The lowest BCUT2D eigenvalue weighted by molar-refractivity contribution is 0.229. The number of para-hydroxylation sites is 1. The van der Waals surface area contributed by atoms with Crippen LogP contribution in [0.15, 0.2) is 34.2 Å². The molecule has 1 atom stereocenters. The summed E-state index contributed by atoms with van der Waals surface area (Å²) in [5.74, 6) is 0. The molecule has 0 amide bonds. The molecule has 1 unspecified atom stereocenters. The number of aliphatic hydroxyl groups is 1. The summed E-state index contributed by atoms with van der Waals surface area (Å²) in [7, 11) is -3.69. The first-order valence-corrected chi connectivity index (χ1v) is 6.40. The average Bonchev–Trinajstić information content (AvgIpc) is 2.34. The van der Waals surface area contributed by atoms with Gasteiger partial charge in [-0.1, -0.05) is 19.1 Å². The molecule has 0 bridgehead atoms. The number of rotatable bonds is 1. The Morgan fingerprint density at radius 3 is 2.81 bits per heavy atom. The van der Waals surface area contributed by atoms with Gasteiger partial charge in [0.15, 0.2) is 6.23 Å². The summed E-state index contributed by atoms with van der Waals surface area (Å²) in [4.78, 5) is 4.25. The molecule has 2 rings (SSSR count). The first kappa shape index (κ1) is 11.3. The van der Waals surface area contributed by atoms with E-state index in [2.05, 4.69) is 9.71 Å². The topological polar surface area (TPSA) is 78.8 Å². The van der Waals surface area contributed by atoms with E-state index in [-0.39, 0.29) is 4.90 Å². The van der Waals surface area contributed by atoms with Gasteiger partial charge in [-0.25, -0.2) is 8.42 Å². The van der Waals surface area contributed by atoms with Crippen molar-refractivity contribution in [1.29, 1.82) is 0 Å². The van der Waals surface area contributed by atoms with Crippen LogP contribution in [-0.4, -0.2) is 25.5 Å². The largest absolute Gasteiger partial charge is 0.372 e. The van der Waals surface area contributed by atoms with Crippen molar-refractivity contribution in [1.82, 2.24) is 4.72 Å². The molecule has 86 valence electrons. The number of sulfonamides is 1. The normalized spacial score (nSPS) is 23.1. The number of benzene rings is 1. The summed E-state index contributed by atoms with van der Waals surface area (Å²) >= 11 is 0. The van der Waals surface area contributed by atoms with Crippen LogP contribution in [0.3, 0.4) is 0 Å². The Hall–Kier alpha value is -1.24. The van der Waals surface area contributed by atoms with E-state index < -0.39 is 16.3 Å². The van der Waals surface area contributed by atoms with Crippen molar-refractivity contribution in [3.05, 3.63) is 24.3 Å². The van der Waals surface area contributed by atoms with E-state index in [9.17, 15) is 13.5 Å². The van der Waals surface area contributed by atoms with Gasteiger partial charge in [-0.15, -0.1) is 0 Å². The van der Waals surface area contributed by atoms with Crippen LogP contribution in [0.1, 0.15) is 13.3 Å². The van der Waals surface area contributed by atoms with Gasteiger partial charge in [0, 0.05) is 0 Å². The molecule has 1 aromatic rings. The molecule has 6 heteroatoms. The quantitative estimate of drug-likeness (QED) is 0.761. The van der Waals surface area contributed by atoms with Crippen molar-refractivity contribution in [2.24, 2.45) is 4.99 Å². The number of aliphatic hydroxyl groups excluding tert-OH is 1. The molecular weight excluding hydrogens is 228 g/mol. The van der Waals surface area contributed by atoms with Crippen LogP contribution in [0, 0.1) is 0 Å². The molecule has 0 aliphatic carbocycles. The van der Waals surface area contributed by atoms with Crippen LogP contribution < -0.4 is 4.72 Å². The Morgan fingerprint density at radius 2 is 2.12 bits per heavy atom. The van der Waals surface area contributed by atoms with Gasteiger partial charge in [0.2, 0.25) is 10.0 Å². The van der Waals surface area contributed by atoms with Gasteiger partial charge < -0.3 is 5.11 Å². The lowest BCUT2D eigenvalue weighted by atomic mass is 10.2. The molecule has 16 heavy (non-hydrogen) atoms. The maximum absolute atomic E-state index is 11.8. The maximum atomic E-state index is 11.8. The third kappa shape index (κ3) is 1.87. The molecule has 0 saturated carbocycles. The van der Waals surface area contributed by atoms with Crippen molar-refractivity contribution < 1.29 is 13.5 Å². The van der Waals surface area contributed by atoms with Crippen molar-refractivity contribution in [2.45, 2.75) is 24.5 Å². The second-order valence-electron chi connectivity index (χ2n) is 3.45. The predicted molar refractivity (Wildman–Crippen MR) is 60.2 cm³/mol. The van der Waals surface area contributed by atoms with Crippen molar-refractivity contribution in [3.63, 3.8) is 0 Å². The lowest BCUT2D eigenvalue weighted by Gasteiger charge is -2.10. The Kier molecular flexibility index (Phi) is 2.79. The predicted octanol–water partition coefficient (Wildman–Crippen LogP) is 0.779. The molecule has 1 aliphatic heterocycles. The summed E-state index contributed by atoms with van der Waals surface area (Å²) in [5.41, 5.74) is 0.775. The molecule has 0 aromatic heterocycles. The molecule has 0 fully saturated rings. The van der Waals surface area contributed by atoms with Gasteiger partial charge in [0.1, 0.15) is 4.90 Å². The average molecular weight is 240 g/mol. The first-order valence-electron chi connectivity index (χ1n) is 4.91. The summed E-state index contributed by atoms with van der Waals surface area (Å²) in [6.45, 7) is 1.81. The number of aliphatic imine (C=N–C) groups is 1. The van der Waals surface area contributed by atoms with Gasteiger partial charge in [-0.2, -0.15) is 4.72 Å². The van der Waals surface area contributed by atoms with Crippen molar-refractivity contribution >= 4 is 21.4 Å². The fourth-order valence-corrected chi connectivity index (χ4v) is 2.75. The van der Waals surface area contributed by atoms with Crippen LogP contribution in [0.5, 0.6) is 0 Å². The van der Waals surface area contributed by atoms with Gasteiger partial charge in [-0.3, -0.25) is 4.99 Å². The number of nitrogens with zero attached hydrogens (tertiary/aromatic N) is 1. The fourth-order valence-electron chi connectivity index (χ4n) is 1.54. The van der Waals surface area contributed by atoms with Gasteiger partial charge >= 0.3 is 0 Å². The van der Waals surface area contributed by atoms with Crippen LogP contribution in [-0.2, 0) is 10.0 Å². The molecule has 1 heterocycles. The SMILES string of the molecule is CCC1=Nc2ccccc2S(=O)(=O)NC1O. The van der Waals surface area contributed by atoms with Crippen LogP contribution in [0.2, 0.25) is 0 Å².